The Morgan fingerprint density at radius 1 is 0.906 bits per heavy atom. The van der Waals surface area contributed by atoms with Gasteiger partial charge >= 0.3 is 0 Å². The molecule has 3 aromatic rings. The van der Waals surface area contributed by atoms with Gasteiger partial charge in [-0.05, 0) is 57.5 Å². The van der Waals surface area contributed by atoms with E-state index in [0.717, 1.165) is 10.4 Å². The molecule has 0 bridgehead atoms. The first-order valence-electron chi connectivity index (χ1n) is 10.6. The van der Waals surface area contributed by atoms with Gasteiger partial charge in [0.1, 0.15) is 6.54 Å². The second kappa shape index (κ2) is 10.3. The van der Waals surface area contributed by atoms with Gasteiger partial charge in [0.15, 0.2) is 0 Å². The number of hydrogen-bond donors (Lipinski definition) is 0. The lowest BCUT2D eigenvalue weighted by molar-refractivity contribution is -0.134. The third-order valence-electron chi connectivity index (χ3n) is 5.16. The van der Waals surface area contributed by atoms with Crippen LogP contribution in [-0.4, -0.2) is 33.7 Å². The highest BCUT2D eigenvalue weighted by atomic mass is 35.5. The summed E-state index contributed by atoms with van der Waals surface area (Å²) in [6.07, 6.45) is 0. The Hall–Kier alpha value is -2.63. The highest BCUT2D eigenvalue weighted by Crippen LogP contribution is 2.24. The zero-order chi connectivity index (χ0) is 23.3. The van der Waals surface area contributed by atoms with Crippen LogP contribution in [0.3, 0.4) is 0 Å². The van der Waals surface area contributed by atoms with Gasteiger partial charge in [-0.25, -0.2) is 0 Å². The number of carbonyl (C=O) groups excluding carboxylic acids is 2. The van der Waals surface area contributed by atoms with Crippen LogP contribution in [0.25, 0.3) is 0 Å². The highest BCUT2D eigenvalue weighted by Gasteiger charge is 2.32. The maximum atomic E-state index is 13.5. The molecule has 0 fully saturated rings. The van der Waals surface area contributed by atoms with Crippen LogP contribution in [0.4, 0.5) is 0 Å². The molecule has 0 aliphatic heterocycles. The SMILES string of the molecule is Cc1ccc(CN(Cc2ccccc2)C(=O)CN(C(=O)c2ccccc2Cl)C(C)(C)C)s1. The lowest BCUT2D eigenvalue weighted by Gasteiger charge is -2.37. The Morgan fingerprint density at radius 2 is 1.56 bits per heavy atom. The maximum Gasteiger partial charge on any atom is 0.256 e. The van der Waals surface area contributed by atoms with Crippen molar-refractivity contribution >= 4 is 34.8 Å². The summed E-state index contributed by atoms with van der Waals surface area (Å²) < 4.78 is 0. The summed E-state index contributed by atoms with van der Waals surface area (Å²) in [6.45, 7) is 8.81. The summed E-state index contributed by atoms with van der Waals surface area (Å²) in [5.41, 5.74) is 0.901. The van der Waals surface area contributed by atoms with Crippen LogP contribution < -0.4 is 0 Å². The monoisotopic (exact) mass is 468 g/mol. The normalized spacial score (nSPS) is 11.3. The molecule has 1 heterocycles. The Bertz CT molecular complexity index is 1070. The van der Waals surface area contributed by atoms with E-state index >= 15 is 0 Å². The van der Waals surface area contributed by atoms with Gasteiger partial charge in [0, 0.05) is 21.8 Å². The van der Waals surface area contributed by atoms with E-state index in [2.05, 4.69) is 19.1 Å². The molecular formula is C26H29ClN2O2S. The second-order valence-corrected chi connectivity index (χ2v) is 10.6. The maximum absolute atomic E-state index is 13.5. The van der Waals surface area contributed by atoms with Crippen molar-refractivity contribution < 1.29 is 9.59 Å². The molecule has 0 unspecified atom stereocenters. The zero-order valence-corrected chi connectivity index (χ0v) is 20.5. The largest absolute Gasteiger partial charge is 0.332 e. The molecule has 2 amide bonds. The standard InChI is InChI=1S/C26H29ClN2O2S/c1-19-14-15-21(32-19)17-28(16-20-10-6-5-7-11-20)24(30)18-29(26(2,3)4)25(31)22-12-8-9-13-23(22)27/h5-15H,16-18H2,1-4H3. The van der Waals surface area contributed by atoms with E-state index in [9.17, 15) is 9.59 Å². The third-order valence-corrected chi connectivity index (χ3v) is 6.48. The van der Waals surface area contributed by atoms with E-state index in [4.69, 9.17) is 11.6 Å². The molecule has 0 spiro atoms. The van der Waals surface area contributed by atoms with Gasteiger partial charge in [-0.15, -0.1) is 11.3 Å². The number of rotatable bonds is 7. The topological polar surface area (TPSA) is 40.6 Å². The Balaban J connectivity index is 1.87. The molecule has 0 radical (unpaired) electrons. The number of aryl methyl sites for hydroxylation is 1. The van der Waals surface area contributed by atoms with Gasteiger partial charge in [0.05, 0.1) is 17.1 Å². The van der Waals surface area contributed by atoms with E-state index < -0.39 is 5.54 Å². The fourth-order valence-electron chi connectivity index (χ4n) is 3.42. The van der Waals surface area contributed by atoms with Crippen LogP contribution in [0.2, 0.25) is 5.02 Å². The number of hydrogen-bond acceptors (Lipinski definition) is 3. The van der Waals surface area contributed by atoms with E-state index in [1.54, 1.807) is 40.5 Å². The van der Waals surface area contributed by atoms with Gasteiger partial charge in [0.2, 0.25) is 5.91 Å². The van der Waals surface area contributed by atoms with Crippen LogP contribution in [0.1, 0.15) is 46.4 Å². The van der Waals surface area contributed by atoms with E-state index in [1.165, 1.54) is 4.88 Å². The Kier molecular flexibility index (Phi) is 7.75. The van der Waals surface area contributed by atoms with Crippen molar-refractivity contribution in [2.45, 2.75) is 46.3 Å². The van der Waals surface area contributed by atoms with E-state index in [0.29, 0.717) is 23.7 Å². The molecule has 0 N–H and O–H groups in total. The first-order valence-corrected chi connectivity index (χ1v) is 11.8. The van der Waals surface area contributed by atoms with Crippen LogP contribution in [0.15, 0.2) is 66.7 Å². The molecule has 32 heavy (non-hydrogen) atoms. The van der Waals surface area contributed by atoms with Crippen molar-refractivity contribution in [3.05, 3.63) is 92.6 Å². The van der Waals surface area contributed by atoms with Crippen molar-refractivity contribution in [3.63, 3.8) is 0 Å². The molecule has 6 heteroatoms. The smallest absolute Gasteiger partial charge is 0.256 e. The molecule has 3 rings (SSSR count). The predicted molar refractivity (Wildman–Crippen MR) is 132 cm³/mol. The summed E-state index contributed by atoms with van der Waals surface area (Å²) in [5, 5.41) is 0.384. The highest BCUT2D eigenvalue weighted by molar-refractivity contribution is 7.11. The molecule has 4 nitrogen and oxygen atoms in total. The third kappa shape index (κ3) is 6.21. The minimum absolute atomic E-state index is 0.0231. The summed E-state index contributed by atoms with van der Waals surface area (Å²) in [6, 6.07) is 21.0. The zero-order valence-electron chi connectivity index (χ0n) is 19.0. The van der Waals surface area contributed by atoms with Gasteiger partial charge in [-0.1, -0.05) is 54.1 Å². The summed E-state index contributed by atoms with van der Waals surface area (Å²) in [7, 11) is 0. The average molecular weight is 469 g/mol. The number of benzene rings is 2. The summed E-state index contributed by atoms with van der Waals surface area (Å²) >= 11 is 7.97. The van der Waals surface area contributed by atoms with Crippen LogP contribution >= 0.6 is 22.9 Å². The molecule has 2 aromatic carbocycles. The predicted octanol–water partition coefficient (Wildman–Crippen LogP) is 6.18. The number of carbonyl (C=O) groups is 2. The second-order valence-electron chi connectivity index (χ2n) is 8.79. The first kappa shape index (κ1) is 24.0. The number of amides is 2. The van der Waals surface area contributed by atoms with Crippen molar-refractivity contribution in [2.24, 2.45) is 0 Å². The van der Waals surface area contributed by atoms with Gasteiger partial charge in [-0.3, -0.25) is 9.59 Å². The minimum atomic E-state index is -0.552. The number of nitrogens with zero attached hydrogens (tertiary/aromatic N) is 2. The molecule has 0 atom stereocenters. The van der Waals surface area contributed by atoms with E-state index in [-0.39, 0.29) is 18.4 Å². The van der Waals surface area contributed by atoms with Crippen molar-refractivity contribution in [1.82, 2.24) is 9.80 Å². The number of thiophene rings is 1. The molecule has 0 aliphatic carbocycles. The quantitative estimate of drug-likeness (QED) is 0.415. The van der Waals surface area contributed by atoms with Crippen LogP contribution in [0, 0.1) is 6.92 Å². The van der Waals surface area contributed by atoms with Crippen molar-refractivity contribution in [1.29, 1.82) is 0 Å². The van der Waals surface area contributed by atoms with Gasteiger partial charge in [0.25, 0.3) is 5.91 Å². The number of halogens is 1. The Morgan fingerprint density at radius 3 is 2.16 bits per heavy atom. The molecule has 168 valence electrons. The minimum Gasteiger partial charge on any atom is -0.332 e. The first-order chi connectivity index (χ1) is 15.1. The van der Waals surface area contributed by atoms with Crippen LogP contribution in [-0.2, 0) is 17.9 Å². The fraction of sp³-hybridized carbons (Fsp3) is 0.308. The Labute approximate surface area is 199 Å². The summed E-state index contributed by atoms with van der Waals surface area (Å²) in [4.78, 5) is 32.7. The average Bonchev–Trinajstić information content (AvgIpc) is 3.16. The van der Waals surface area contributed by atoms with Crippen molar-refractivity contribution in [3.8, 4) is 0 Å². The fourth-order valence-corrected chi connectivity index (χ4v) is 4.55. The molecule has 1 aromatic heterocycles. The molecular weight excluding hydrogens is 440 g/mol. The van der Waals surface area contributed by atoms with Crippen molar-refractivity contribution in [2.75, 3.05) is 6.54 Å². The molecule has 0 aliphatic rings. The lowest BCUT2D eigenvalue weighted by Crippen LogP contribution is -2.51. The lowest BCUT2D eigenvalue weighted by atomic mass is 10.0. The molecule has 0 saturated heterocycles. The van der Waals surface area contributed by atoms with Gasteiger partial charge in [-0.2, -0.15) is 0 Å². The molecule has 0 saturated carbocycles. The van der Waals surface area contributed by atoms with Crippen LogP contribution in [0.5, 0.6) is 0 Å². The summed E-state index contributed by atoms with van der Waals surface area (Å²) in [5.74, 6) is -0.349. The van der Waals surface area contributed by atoms with E-state index in [1.807, 2.05) is 56.0 Å². The van der Waals surface area contributed by atoms with Gasteiger partial charge < -0.3 is 9.80 Å².